The van der Waals surface area contributed by atoms with E-state index in [4.69, 9.17) is 19.2 Å². The van der Waals surface area contributed by atoms with Crippen LogP contribution in [0.15, 0.2) is 60.7 Å². The van der Waals surface area contributed by atoms with E-state index in [1.54, 1.807) is 19.1 Å². The summed E-state index contributed by atoms with van der Waals surface area (Å²) in [6, 6.07) is 19.2. The Labute approximate surface area is 230 Å². The van der Waals surface area contributed by atoms with Crippen molar-refractivity contribution in [3.8, 4) is 22.8 Å². The van der Waals surface area contributed by atoms with Gasteiger partial charge in [-0.25, -0.2) is 0 Å². The number of fused-ring (bicyclic) bond motifs is 1. The summed E-state index contributed by atoms with van der Waals surface area (Å²) in [5.41, 5.74) is 4.01. The molecule has 10 heteroatoms. The zero-order chi connectivity index (χ0) is 26.5. The number of carbonyl (C=O) groups excluding carboxylic acids is 1. The van der Waals surface area contributed by atoms with E-state index >= 15 is 0 Å². The van der Waals surface area contributed by atoms with Crippen LogP contribution in [0.25, 0.3) is 22.3 Å². The molecule has 3 heterocycles. The van der Waals surface area contributed by atoms with Gasteiger partial charge in [0.2, 0.25) is 0 Å². The van der Waals surface area contributed by atoms with Crippen LogP contribution in [-0.4, -0.2) is 76.1 Å². The van der Waals surface area contributed by atoms with Gasteiger partial charge in [-0.05, 0) is 0 Å². The number of nitrogens with zero attached hydrogens (tertiary/aromatic N) is 4. The van der Waals surface area contributed by atoms with Crippen molar-refractivity contribution in [2.45, 2.75) is 25.5 Å². The summed E-state index contributed by atoms with van der Waals surface area (Å²) in [7, 11) is 3.22. The molecule has 4 aromatic rings. The van der Waals surface area contributed by atoms with E-state index in [2.05, 4.69) is 32.1 Å². The predicted molar refractivity (Wildman–Crippen MR) is 146 cm³/mol. The van der Waals surface area contributed by atoms with Gasteiger partial charge in [0, 0.05) is 0 Å². The molecule has 1 N–H and O–H groups in total. The number of pyridine rings is 1. The first-order chi connectivity index (χ1) is 18.5. The first-order valence-electron chi connectivity index (χ1n) is 12.4. The fourth-order valence-electron chi connectivity index (χ4n) is 4.52. The molecule has 9 nitrogen and oxygen atoms in total. The summed E-state index contributed by atoms with van der Waals surface area (Å²) in [5.74, 6) is 1.92. The molecule has 0 spiro atoms. The number of piperidine rings is 1. The number of amides is 1. The third kappa shape index (κ3) is 5.83. The van der Waals surface area contributed by atoms with Crippen molar-refractivity contribution in [3.05, 3.63) is 66.2 Å². The molecule has 1 fully saturated rings. The zero-order valence-corrected chi connectivity index (χ0v) is 23.1. The molecule has 1 amide bonds. The Morgan fingerprint density at radius 3 is 2.63 bits per heavy atom. The Balaban J connectivity index is 1.35. The Morgan fingerprint density at radius 2 is 1.84 bits per heavy atom. The van der Waals surface area contributed by atoms with E-state index < -0.39 is 0 Å². The molecule has 2 aromatic heterocycles. The minimum atomic E-state index is -0.311. The average Bonchev–Trinajstić information content (AvgIpc) is 2.96. The average molecular weight is 573 g/mol. The van der Waals surface area contributed by atoms with Gasteiger partial charge in [0.25, 0.3) is 0 Å². The van der Waals surface area contributed by atoms with Crippen molar-refractivity contribution in [1.29, 1.82) is 0 Å². The molecule has 1 saturated heterocycles. The maximum absolute atomic E-state index is 12.8. The third-order valence-corrected chi connectivity index (χ3v) is 6.85. The first-order valence-corrected chi connectivity index (χ1v) is 13.3. The second-order valence-corrected chi connectivity index (χ2v) is 9.82. The second kappa shape index (κ2) is 11.7. The molecule has 38 heavy (non-hydrogen) atoms. The summed E-state index contributed by atoms with van der Waals surface area (Å²) in [5, 5.41) is 3.53. The van der Waals surface area contributed by atoms with Crippen molar-refractivity contribution < 1.29 is 19.0 Å². The number of benzene rings is 2. The van der Waals surface area contributed by atoms with E-state index in [1.165, 1.54) is 0 Å². The Kier molecular flexibility index (Phi) is 7.94. The number of nitrogens with one attached hydrogen (secondary N) is 1. The fourth-order valence-corrected chi connectivity index (χ4v) is 4.96. The van der Waals surface area contributed by atoms with Crippen molar-refractivity contribution in [3.63, 3.8) is 0 Å². The van der Waals surface area contributed by atoms with Crippen LogP contribution in [0.1, 0.15) is 18.4 Å². The summed E-state index contributed by atoms with van der Waals surface area (Å²) in [4.78, 5) is 28.6. The predicted octanol–water partition coefficient (Wildman–Crippen LogP) is 3.72. The number of likely N-dealkylation sites (tertiary alicyclic amines) is 1. The second-order valence-electron chi connectivity index (χ2n) is 8.98. The normalized spacial score (nSPS) is 15.2. The van der Waals surface area contributed by atoms with Crippen LogP contribution in [0.3, 0.4) is 0 Å². The number of hydrogen-bond acceptors (Lipinski definition) is 8. The van der Waals surface area contributed by atoms with Crippen LogP contribution in [-0.2, 0) is 11.3 Å². The van der Waals surface area contributed by atoms with E-state index in [-0.39, 0.29) is 18.7 Å². The van der Waals surface area contributed by atoms with Crippen molar-refractivity contribution >= 4 is 44.4 Å². The van der Waals surface area contributed by atoms with Crippen LogP contribution in [0.4, 0.5) is 10.6 Å². The Bertz CT molecular complexity index is 1440. The molecule has 2 aromatic carbocycles. The number of aromatic nitrogens is 3. The molecule has 0 aliphatic carbocycles. The van der Waals surface area contributed by atoms with Crippen LogP contribution in [0, 0.1) is 0 Å². The van der Waals surface area contributed by atoms with Gasteiger partial charge in [0.15, 0.2) is 0 Å². The SMILES string of the molecule is COc1ccc(-c2ccc3nc([As])nc(NC4CCCN(C(=O)OCc5ccccc5)C4)c3n2)cc1OC. The number of hydrogen-bond donors (Lipinski definition) is 1. The quantitative estimate of drug-likeness (QED) is 0.334. The molecule has 1 aliphatic rings. The van der Waals surface area contributed by atoms with Gasteiger partial charge in [-0.15, -0.1) is 0 Å². The van der Waals surface area contributed by atoms with Crippen molar-refractivity contribution in [1.82, 2.24) is 19.9 Å². The standard InChI is InChI=1S/C28H28AsN5O4/c1-36-23-13-10-19(15-24(23)37-2)21-11-12-22-25(31-21)26(33-27(29)32-22)30-20-9-6-14-34(16-20)28(35)38-17-18-7-4-3-5-8-18/h3-5,7-8,10-13,15,20H,6,9,14,16-17H2,1-2H3,(H,30,32,33). The molecule has 2 radical (unpaired) electrons. The molecule has 1 unspecified atom stereocenters. The van der Waals surface area contributed by atoms with Crippen LogP contribution in [0.5, 0.6) is 11.5 Å². The van der Waals surface area contributed by atoms with Crippen LogP contribution < -0.4 is 19.4 Å². The van der Waals surface area contributed by atoms with Crippen LogP contribution in [0.2, 0.25) is 0 Å². The van der Waals surface area contributed by atoms with Gasteiger partial charge in [-0.2, -0.15) is 0 Å². The molecule has 194 valence electrons. The fraction of sp³-hybridized carbons (Fsp3) is 0.286. The number of rotatable bonds is 7. The van der Waals surface area contributed by atoms with Crippen LogP contribution >= 0.6 is 0 Å². The number of methoxy groups -OCH3 is 2. The summed E-state index contributed by atoms with van der Waals surface area (Å²) in [6.07, 6.45) is 1.45. The van der Waals surface area contributed by atoms with Gasteiger partial charge in [-0.1, -0.05) is 18.2 Å². The van der Waals surface area contributed by atoms with E-state index in [9.17, 15) is 4.79 Å². The van der Waals surface area contributed by atoms with Gasteiger partial charge in [0.1, 0.15) is 0 Å². The van der Waals surface area contributed by atoms with Gasteiger partial charge >= 0.3 is 212 Å². The Morgan fingerprint density at radius 1 is 1.03 bits per heavy atom. The summed E-state index contributed by atoms with van der Waals surface area (Å²) in [6.45, 7) is 1.43. The maximum atomic E-state index is 12.8. The molecule has 0 saturated carbocycles. The van der Waals surface area contributed by atoms with E-state index in [0.29, 0.717) is 40.5 Å². The van der Waals surface area contributed by atoms with Crippen molar-refractivity contribution in [2.24, 2.45) is 0 Å². The molecule has 0 bridgehead atoms. The molecule has 1 aliphatic heterocycles. The summed E-state index contributed by atoms with van der Waals surface area (Å²) < 4.78 is 17.0. The first kappa shape index (κ1) is 25.8. The van der Waals surface area contributed by atoms with E-state index in [0.717, 1.165) is 35.2 Å². The van der Waals surface area contributed by atoms with Gasteiger partial charge in [0.05, 0.1) is 0 Å². The van der Waals surface area contributed by atoms with Gasteiger partial charge < -0.3 is 0 Å². The monoisotopic (exact) mass is 573 g/mol. The molecule has 5 rings (SSSR count). The van der Waals surface area contributed by atoms with Crippen molar-refractivity contribution in [2.75, 3.05) is 32.6 Å². The topological polar surface area (TPSA) is 98.7 Å². The number of anilines is 1. The number of ether oxygens (including phenoxy) is 3. The van der Waals surface area contributed by atoms with E-state index in [1.807, 2.05) is 60.7 Å². The summed E-state index contributed by atoms with van der Waals surface area (Å²) >= 11 is 2.38. The molecular weight excluding hydrogens is 545 g/mol. The zero-order valence-electron chi connectivity index (χ0n) is 21.3. The van der Waals surface area contributed by atoms with Gasteiger partial charge in [-0.3, -0.25) is 0 Å². The third-order valence-electron chi connectivity index (χ3n) is 6.44. The molecule has 1 atom stereocenters. The molecular formula is C28H28AsN5O4. The number of carbonyl (C=O) groups is 1. The Hall–Kier alpha value is -3.84. The minimum absolute atomic E-state index is 0.00422.